The van der Waals surface area contributed by atoms with E-state index in [9.17, 15) is 35.2 Å². The number of anilines is 1. The number of allylic oxidation sites excluding steroid dienone is 4. The van der Waals surface area contributed by atoms with Gasteiger partial charge in [0.1, 0.15) is 0 Å². The summed E-state index contributed by atoms with van der Waals surface area (Å²) in [5.41, 5.74) is 0.579. The number of rotatable bonds is 25. The van der Waals surface area contributed by atoms with Crippen LogP contribution in [0.2, 0.25) is 0 Å². The van der Waals surface area contributed by atoms with Crippen LogP contribution in [0.4, 0.5) is 5.69 Å². The number of carboxylic acids is 1. The molecule has 2 atom stereocenters. The van der Waals surface area contributed by atoms with Gasteiger partial charge in [-0.05, 0) is 120 Å². The normalized spacial score (nSPS) is 18.4. The van der Waals surface area contributed by atoms with Crippen LogP contribution in [0.3, 0.4) is 0 Å². The maximum absolute atomic E-state index is 13.0. The molecule has 59 heavy (non-hydrogen) atoms. The third-order valence-corrected chi connectivity index (χ3v) is 14.8. The number of aliphatic imine (C=N–C) groups is 1. The van der Waals surface area contributed by atoms with Crippen LogP contribution in [-0.2, 0) is 63.3 Å². The van der Waals surface area contributed by atoms with Gasteiger partial charge in [0, 0.05) is 66.8 Å². The van der Waals surface area contributed by atoms with E-state index in [1.165, 1.54) is 12.1 Å². The molecule has 1 heterocycles. The summed E-state index contributed by atoms with van der Waals surface area (Å²) in [4.78, 5) is 18.1. The summed E-state index contributed by atoms with van der Waals surface area (Å²) >= 11 is 0. The van der Waals surface area contributed by atoms with Gasteiger partial charge in [0.15, 0.2) is 0 Å². The predicted molar refractivity (Wildman–Crippen MR) is 226 cm³/mol. The third kappa shape index (κ3) is 12.3. The first-order valence-corrected chi connectivity index (χ1v) is 23.7. The molecule has 0 saturated carbocycles. The zero-order chi connectivity index (χ0) is 44.3. The lowest BCUT2D eigenvalue weighted by Crippen LogP contribution is -2.45. The number of carboxylic acid groups (broad SMARTS) is 1. The Morgan fingerprint density at radius 3 is 2.12 bits per heavy atom. The van der Waals surface area contributed by atoms with Crippen LogP contribution in [0.25, 0.3) is 0 Å². The lowest BCUT2D eigenvalue weighted by molar-refractivity contribution is -0.137. The van der Waals surface area contributed by atoms with Crippen LogP contribution in [-0.4, -0.2) is 107 Å². The van der Waals surface area contributed by atoms with E-state index in [-0.39, 0.29) is 48.0 Å². The molecule has 15 nitrogen and oxygen atoms in total. The van der Waals surface area contributed by atoms with Crippen LogP contribution in [0.1, 0.15) is 90.2 Å². The minimum absolute atomic E-state index is 0.0353. The molecule has 2 unspecified atom stereocenters. The van der Waals surface area contributed by atoms with E-state index in [4.69, 9.17) is 27.4 Å². The van der Waals surface area contributed by atoms with Gasteiger partial charge in [-0.1, -0.05) is 24.6 Å². The Morgan fingerprint density at radius 2 is 1.53 bits per heavy atom. The smallest absolute Gasteiger partial charge is 0.303 e. The molecule has 2 N–H and O–H groups in total. The number of unbranched alkanes of at least 4 members (excludes halogenated alkanes) is 2. The maximum Gasteiger partial charge on any atom is 0.303 e. The average molecular weight is 885 g/mol. The number of ether oxygens (including phenoxy) is 1. The van der Waals surface area contributed by atoms with Crippen molar-refractivity contribution in [2.24, 2.45) is 4.99 Å². The Labute approximate surface area is 350 Å². The highest BCUT2D eigenvalue weighted by atomic mass is 32.2. The molecule has 0 radical (unpaired) electrons. The zero-order valence-electron chi connectivity index (χ0n) is 35.3. The lowest BCUT2D eigenvalue weighted by atomic mass is 9.75. The molecule has 0 saturated heterocycles. The molecular formula is C41H60N2O13S3. The Bertz CT molecular complexity index is 2200. The molecule has 0 bridgehead atoms. The molecule has 0 amide bonds. The first kappa shape index (κ1) is 49.9. The summed E-state index contributed by atoms with van der Waals surface area (Å²) in [5, 5.41) is 19.3. The second-order valence-electron chi connectivity index (χ2n) is 15.4. The van der Waals surface area contributed by atoms with Crippen LogP contribution >= 0.6 is 0 Å². The Balaban J connectivity index is 2.35. The number of hydrogen-bond acceptors (Lipinski definition) is 14. The van der Waals surface area contributed by atoms with E-state index in [1.54, 1.807) is 31.4 Å². The molecule has 330 valence electrons. The first-order valence-electron chi connectivity index (χ1n) is 19.3. The van der Waals surface area contributed by atoms with Gasteiger partial charge < -0.3 is 19.8 Å². The van der Waals surface area contributed by atoms with Gasteiger partial charge in [-0.3, -0.25) is 22.3 Å². The number of aliphatic carboxylic acids is 1. The largest absolute Gasteiger partial charge is 0.481 e. The molecule has 1 aliphatic rings. The van der Waals surface area contributed by atoms with Crippen molar-refractivity contribution in [1.82, 2.24) is 0 Å². The number of hydrogen-bond donors (Lipinski definition) is 2. The van der Waals surface area contributed by atoms with Gasteiger partial charge in [-0.15, -0.1) is 0 Å². The fraction of sp³-hybridized carbons (Fsp3) is 0.561. The van der Waals surface area contributed by atoms with Gasteiger partial charge in [-0.25, -0.2) is 0 Å². The van der Waals surface area contributed by atoms with Gasteiger partial charge >= 0.3 is 5.97 Å². The Hall–Kier alpha value is -3.49. The van der Waals surface area contributed by atoms with E-state index < -0.39 is 52.7 Å². The summed E-state index contributed by atoms with van der Waals surface area (Å²) < 4.78 is 96.4. The van der Waals surface area contributed by atoms with Gasteiger partial charge in [0.2, 0.25) is 0 Å². The van der Waals surface area contributed by atoms with Crippen molar-refractivity contribution in [3.8, 4) is 0 Å². The molecule has 0 spiro atoms. The Morgan fingerprint density at radius 1 is 0.864 bits per heavy atom. The third-order valence-electron chi connectivity index (χ3n) is 11.0. The molecule has 18 heteroatoms. The highest BCUT2D eigenvalue weighted by Gasteiger charge is 2.48. The minimum Gasteiger partial charge on any atom is -0.481 e. The Kier molecular flexibility index (Phi) is 17.6. The summed E-state index contributed by atoms with van der Waals surface area (Å²) in [6.07, 6.45) is 8.39. The number of aliphatic hydroxyl groups excluding tert-OH is 1. The number of aliphatic hydroxyl groups is 1. The van der Waals surface area contributed by atoms with E-state index in [0.29, 0.717) is 66.9 Å². The molecular weight excluding hydrogens is 825 g/mol. The number of fused-ring (bicyclic) bond motifs is 1. The predicted octanol–water partition coefficient (Wildman–Crippen LogP) is 5.87. The maximum atomic E-state index is 13.0. The van der Waals surface area contributed by atoms with Crippen molar-refractivity contribution >= 4 is 47.7 Å². The summed E-state index contributed by atoms with van der Waals surface area (Å²) in [6.45, 7) is 8.23. The average Bonchev–Trinajstić information content (AvgIpc) is 3.44. The van der Waals surface area contributed by atoms with Crippen LogP contribution in [0.5, 0.6) is 0 Å². The topological polar surface area (TPSA) is 212 Å². The minimum atomic E-state index is -4.12. The van der Waals surface area contributed by atoms with Gasteiger partial charge in [0.05, 0.1) is 36.9 Å². The fourth-order valence-electron chi connectivity index (χ4n) is 7.39. The van der Waals surface area contributed by atoms with Crippen molar-refractivity contribution < 1.29 is 57.5 Å². The van der Waals surface area contributed by atoms with Crippen molar-refractivity contribution in [2.45, 2.75) is 105 Å². The second kappa shape index (κ2) is 20.9. The monoisotopic (exact) mass is 884 g/mol. The molecule has 0 fully saturated rings. The van der Waals surface area contributed by atoms with E-state index in [1.807, 2.05) is 56.9 Å². The standard InChI is InChI=1S/C41H60N2O13S3/c1-39(2,23-26-44)43-35-21-20-33(59(51,52)56-8)30-34(35)41(4,22-14-28-57(47,48)54-6)37(43)18-13-17-36(42-25-11-9-10-19-38(45)46)40(3,24-27-53-5)31-15-12-16-32(29-31)58(49,50)55-7/h12-13,15-18,20-21,29-30,44H,9-11,14,19,22-28H2,1-8H3,(H,45,46)/b17-13+,37-18+,42-36?. The number of methoxy groups -OCH3 is 1. The van der Waals surface area contributed by atoms with Crippen molar-refractivity contribution in [2.75, 3.05) is 58.9 Å². The lowest BCUT2D eigenvalue weighted by Gasteiger charge is -2.41. The van der Waals surface area contributed by atoms with Crippen LogP contribution < -0.4 is 4.90 Å². The SMILES string of the molecule is COCCC(C)(C(/C=C/C=C1/N(C(C)(C)CCO)c2ccc(S(=O)(=O)OC)cc2C1(C)CCCS(=O)(=O)OC)=NCCCCCC(=O)O)c1cccc(S(=O)(=O)OC)c1. The quantitative estimate of drug-likeness (QED) is 0.0678. The van der Waals surface area contributed by atoms with Gasteiger partial charge in [-0.2, -0.15) is 25.3 Å². The van der Waals surface area contributed by atoms with Gasteiger partial charge in [0.25, 0.3) is 30.4 Å². The molecule has 0 aromatic heterocycles. The highest BCUT2D eigenvalue weighted by Crippen LogP contribution is 2.54. The van der Waals surface area contributed by atoms with Crippen LogP contribution in [0, 0.1) is 0 Å². The van der Waals surface area contributed by atoms with E-state index >= 15 is 0 Å². The number of benzene rings is 2. The van der Waals surface area contributed by atoms with Crippen LogP contribution in [0.15, 0.2) is 81.2 Å². The molecule has 0 aliphatic carbocycles. The highest BCUT2D eigenvalue weighted by molar-refractivity contribution is 7.87. The van der Waals surface area contributed by atoms with Crippen molar-refractivity contribution in [3.63, 3.8) is 0 Å². The summed E-state index contributed by atoms with van der Waals surface area (Å²) in [5.74, 6) is -1.16. The molecule has 1 aliphatic heterocycles. The first-order chi connectivity index (χ1) is 27.6. The summed E-state index contributed by atoms with van der Waals surface area (Å²) in [6, 6.07) is 11.1. The van der Waals surface area contributed by atoms with Crippen molar-refractivity contribution in [3.05, 3.63) is 77.5 Å². The van der Waals surface area contributed by atoms with Crippen molar-refractivity contribution in [1.29, 1.82) is 0 Å². The molecule has 2 aromatic carbocycles. The number of carbonyl (C=O) groups is 1. The van der Waals surface area contributed by atoms with E-state index in [0.717, 1.165) is 21.3 Å². The molecule has 2 aromatic rings. The zero-order valence-corrected chi connectivity index (χ0v) is 37.7. The van der Waals surface area contributed by atoms with E-state index in [2.05, 4.69) is 0 Å². The second-order valence-corrected chi connectivity index (χ2v) is 20.7. The summed E-state index contributed by atoms with van der Waals surface area (Å²) in [7, 11) is -7.16. The number of nitrogens with zero attached hydrogens (tertiary/aromatic N) is 2. The molecule has 3 rings (SSSR count). The fourth-order valence-corrected chi connectivity index (χ4v) is 9.45.